The van der Waals surface area contributed by atoms with E-state index >= 15 is 0 Å². The molecule has 0 atom stereocenters. The Bertz CT molecular complexity index is 234. The van der Waals surface area contributed by atoms with Crippen LogP contribution < -0.4 is 0 Å². The van der Waals surface area contributed by atoms with Crippen molar-refractivity contribution >= 4 is 0 Å². The standard InChI is InChI=1S/C8H12N2O/c1-6(2)10-3-7-8(4-10)11-5-9-7/h5-6H,3-4H2,1-2H3. The van der Waals surface area contributed by atoms with Gasteiger partial charge in [0, 0.05) is 12.6 Å². The molecule has 0 radical (unpaired) electrons. The molecule has 1 aliphatic rings. The molecule has 0 unspecified atom stereocenters. The molecule has 11 heavy (non-hydrogen) atoms. The lowest BCUT2D eigenvalue weighted by Crippen LogP contribution is -2.24. The van der Waals surface area contributed by atoms with Gasteiger partial charge in [0.2, 0.25) is 0 Å². The smallest absolute Gasteiger partial charge is 0.181 e. The van der Waals surface area contributed by atoms with Crippen LogP contribution in [-0.4, -0.2) is 15.9 Å². The summed E-state index contributed by atoms with van der Waals surface area (Å²) in [5.41, 5.74) is 1.11. The first-order valence-corrected chi connectivity index (χ1v) is 3.92. The van der Waals surface area contributed by atoms with E-state index in [0.717, 1.165) is 24.5 Å². The first-order valence-electron chi connectivity index (χ1n) is 3.92. The molecular formula is C8H12N2O. The molecule has 0 saturated carbocycles. The molecule has 0 aliphatic carbocycles. The summed E-state index contributed by atoms with van der Waals surface area (Å²) in [7, 11) is 0. The van der Waals surface area contributed by atoms with Gasteiger partial charge in [-0.3, -0.25) is 4.90 Å². The molecule has 0 spiro atoms. The number of oxazole rings is 1. The van der Waals surface area contributed by atoms with E-state index in [4.69, 9.17) is 4.42 Å². The fourth-order valence-electron chi connectivity index (χ4n) is 1.35. The Kier molecular flexibility index (Phi) is 1.46. The Morgan fingerprint density at radius 1 is 1.55 bits per heavy atom. The van der Waals surface area contributed by atoms with Gasteiger partial charge in [0.05, 0.1) is 12.2 Å². The zero-order chi connectivity index (χ0) is 7.84. The van der Waals surface area contributed by atoms with Crippen molar-refractivity contribution in [1.82, 2.24) is 9.88 Å². The summed E-state index contributed by atoms with van der Waals surface area (Å²) < 4.78 is 5.20. The highest BCUT2D eigenvalue weighted by molar-refractivity contribution is 5.12. The van der Waals surface area contributed by atoms with Crippen LogP contribution in [0.25, 0.3) is 0 Å². The van der Waals surface area contributed by atoms with Crippen LogP contribution in [0.1, 0.15) is 25.3 Å². The molecule has 0 aromatic carbocycles. The fourth-order valence-corrected chi connectivity index (χ4v) is 1.35. The van der Waals surface area contributed by atoms with Crippen molar-refractivity contribution in [3.05, 3.63) is 17.8 Å². The number of fused-ring (bicyclic) bond motifs is 1. The highest BCUT2D eigenvalue weighted by Crippen LogP contribution is 2.22. The number of hydrogen-bond donors (Lipinski definition) is 0. The van der Waals surface area contributed by atoms with E-state index in [-0.39, 0.29) is 0 Å². The summed E-state index contributed by atoms with van der Waals surface area (Å²) in [6.07, 6.45) is 1.53. The fraction of sp³-hybridized carbons (Fsp3) is 0.625. The van der Waals surface area contributed by atoms with Crippen molar-refractivity contribution in [2.45, 2.75) is 33.0 Å². The van der Waals surface area contributed by atoms with E-state index in [1.54, 1.807) is 0 Å². The molecule has 0 amide bonds. The molecule has 2 heterocycles. The van der Waals surface area contributed by atoms with Gasteiger partial charge in [-0.1, -0.05) is 0 Å². The molecule has 0 fully saturated rings. The second-order valence-electron chi connectivity index (χ2n) is 3.22. The van der Waals surface area contributed by atoms with Gasteiger partial charge in [-0.2, -0.15) is 0 Å². The number of hydrogen-bond acceptors (Lipinski definition) is 3. The maximum atomic E-state index is 5.20. The van der Waals surface area contributed by atoms with Crippen molar-refractivity contribution in [3.8, 4) is 0 Å². The van der Waals surface area contributed by atoms with Crippen LogP contribution in [0, 0.1) is 0 Å². The zero-order valence-corrected chi connectivity index (χ0v) is 6.87. The summed E-state index contributed by atoms with van der Waals surface area (Å²) in [5.74, 6) is 1.04. The van der Waals surface area contributed by atoms with Gasteiger partial charge in [-0.15, -0.1) is 0 Å². The van der Waals surface area contributed by atoms with Crippen LogP contribution in [0.3, 0.4) is 0 Å². The van der Waals surface area contributed by atoms with Crippen molar-refractivity contribution in [3.63, 3.8) is 0 Å². The maximum Gasteiger partial charge on any atom is 0.181 e. The van der Waals surface area contributed by atoms with Gasteiger partial charge in [0.15, 0.2) is 6.39 Å². The van der Waals surface area contributed by atoms with Gasteiger partial charge in [0.1, 0.15) is 5.76 Å². The Balaban J connectivity index is 2.16. The Morgan fingerprint density at radius 2 is 2.36 bits per heavy atom. The van der Waals surface area contributed by atoms with Crippen LogP contribution in [0.15, 0.2) is 10.8 Å². The highest BCUT2D eigenvalue weighted by Gasteiger charge is 2.24. The summed E-state index contributed by atoms with van der Waals surface area (Å²) in [6.45, 7) is 6.24. The van der Waals surface area contributed by atoms with Crippen LogP contribution in [0.4, 0.5) is 0 Å². The minimum atomic E-state index is 0.583. The lowest BCUT2D eigenvalue weighted by Gasteiger charge is -2.18. The lowest BCUT2D eigenvalue weighted by atomic mass is 10.3. The molecule has 0 bridgehead atoms. The molecule has 1 aromatic heterocycles. The van der Waals surface area contributed by atoms with Gasteiger partial charge in [-0.25, -0.2) is 4.98 Å². The van der Waals surface area contributed by atoms with E-state index in [9.17, 15) is 0 Å². The molecular weight excluding hydrogens is 140 g/mol. The topological polar surface area (TPSA) is 29.3 Å². The van der Waals surface area contributed by atoms with Gasteiger partial charge in [0.25, 0.3) is 0 Å². The van der Waals surface area contributed by atoms with Crippen LogP contribution in [0.5, 0.6) is 0 Å². The Labute approximate surface area is 66.0 Å². The highest BCUT2D eigenvalue weighted by atomic mass is 16.3. The molecule has 0 saturated heterocycles. The van der Waals surface area contributed by atoms with Crippen molar-refractivity contribution in [1.29, 1.82) is 0 Å². The average molecular weight is 152 g/mol. The molecule has 3 heteroatoms. The van der Waals surface area contributed by atoms with Crippen LogP contribution in [-0.2, 0) is 13.1 Å². The SMILES string of the molecule is CC(C)N1Cc2ncoc2C1. The summed E-state index contributed by atoms with van der Waals surface area (Å²) in [4.78, 5) is 6.46. The number of rotatable bonds is 1. The van der Waals surface area contributed by atoms with Crippen molar-refractivity contribution < 1.29 is 4.42 Å². The third kappa shape index (κ3) is 1.05. The third-order valence-electron chi connectivity index (χ3n) is 2.16. The normalized spacial score (nSPS) is 17.7. The van der Waals surface area contributed by atoms with E-state index in [1.165, 1.54) is 6.39 Å². The predicted octanol–water partition coefficient (Wildman–Crippen LogP) is 1.40. The predicted molar refractivity (Wildman–Crippen MR) is 40.9 cm³/mol. The number of nitrogens with zero attached hydrogens (tertiary/aromatic N) is 2. The zero-order valence-electron chi connectivity index (χ0n) is 6.87. The minimum absolute atomic E-state index is 0.583. The molecule has 1 aliphatic heterocycles. The van der Waals surface area contributed by atoms with Crippen LogP contribution >= 0.6 is 0 Å². The largest absolute Gasteiger partial charge is 0.447 e. The first-order chi connectivity index (χ1) is 5.27. The first kappa shape index (κ1) is 6.85. The van der Waals surface area contributed by atoms with E-state index in [0.29, 0.717) is 6.04 Å². The quantitative estimate of drug-likeness (QED) is 0.609. The third-order valence-corrected chi connectivity index (χ3v) is 2.16. The molecule has 0 N–H and O–H groups in total. The lowest BCUT2D eigenvalue weighted by molar-refractivity contribution is 0.213. The Morgan fingerprint density at radius 3 is 3.00 bits per heavy atom. The van der Waals surface area contributed by atoms with Crippen molar-refractivity contribution in [2.75, 3.05) is 0 Å². The summed E-state index contributed by atoms with van der Waals surface area (Å²) in [5, 5.41) is 0. The van der Waals surface area contributed by atoms with Crippen LogP contribution in [0.2, 0.25) is 0 Å². The van der Waals surface area contributed by atoms with Gasteiger partial charge < -0.3 is 4.42 Å². The minimum Gasteiger partial charge on any atom is -0.447 e. The average Bonchev–Trinajstić information content (AvgIpc) is 2.40. The summed E-state index contributed by atoms with van der Waals surface area (Å²) >= 11 is 0. The van der Waals surface area contributed by atoms with E-state index in [1.807, 2.05) is 0 Å². The second-order valence-corrected chi connectivity index (χ2v) is 3.22. The van der Waals surface area contributed by atoms with E-state index < -0.39 is 0 Å². The molecule has 3 nitrogen and oxygen atoms in total. The van der Waals surface area contributed by atoms with Gasteiger partial charge >= 0.3 is 0 Å². The molecule has 60 valence electrons. The Hall–Kier alpha value is -0.830. The van der Waals surface area contributed by atoms with E-state index in [2.05, 4.69) is 23.7 Å². The summed E-state index contributed by atoms with van der Waals surface area (Å²) in [6, 6.07) is 0.583. The second kappa shape index (κ2) is 2.34. The molecule has 1 aromatic rings. The monoisotopic (exact) mass is 152 g/mol. The number of aromatic nitrogens is 1. The molecule has 2 rings (SSSR count). The van der Waals surface area contributed by atoms with Crippen molar-refractivity contribution in [2.24, 2.45) is 0 Å². The van der Waals surface area contributed by atoms with Gasteiger partial charge in [-0.05, 0) is 13.8 Å². The maximum absolute atomic E-state index is 5.20.